The highest BCUT2D eigenvalue weighted by Crippen LogP contribution is 2.54. The summed E-state index contributed by atoms with van der Waals surface area (Å²) in [6.07, 6.45) is 2.39. The van der Waals surface area contributed by atoms with E-state index in [1.165, 1.54) is 35.0 Å². The smallest absolute Gasteiger partial charge is 0.0516 e. The Balaban J connectivity index is 2.00. The van der Waals surface area contributed by atoms with E-state index in [4.69, 9.17) is 0 Å². The van der Waals surface area contributed by atoms with Crippen molar-refractivity contribution in [3.05, 3.63) is 35.5 Å². The van der Waals surface area contributed by atoms with Crippen LogP contribution in [0.1, 0.15) is 43.0 Å². The monoisotopic (exact) mass is 284 g/mol. The lowest BCUT2D eigenvalue weighted by Crippen LogP contribution is -2.47. The molecule has 1 aliphatic heterocycles. The van der Waals surface area contributed by atoms with Crippen molar-refractivity contribution in [1.82, 2.24) is 9.88 Å². The van der Waals surface area contributed by atoms with Crippen molar-refractivity contribution in [2.75, 3.05) is 20.2 Å². The van der Waals surface area contributed by atoms with Gasteiger partial charge >= 0.3 is 0 Å². The third-order valence-corrected chi connectivity index (χ3v) is 5.87. The highest BCUT2D eigenvalue weighted by molar-refractivity contribution is 5.86. The number of hydrogen-bond acceptors (Lipinski definition) is 2. The Morgan fingerprint density at radius 1 is 1.33 bits per heavy atom. The van der Waals surface area contributed by atoms with E-state index in [-0.39, 0.29) is 12.5 Å². The van der Waals surface area contributed by atoms with Crippen LogP contribution in [-0.4, -0.2) is 35.2 Å². The molecule has 2 unspecified atom stereocenters. The second kappa shape index (κ2) is 4.85. The largest absolute Gasteiger partial charge is 0.396 e. The number of aromatic nitrogens is 1. The first-order chi connectivity index (χ1) is 10.3. The predicted molar refractivity (Wildman–Crippen MR) is 85.4 cm³/mol. The number of nitrogens with one attached hydrogen (secondary N) is 1. The molecule has 1 aromatic heterocycles. The Morgan fingerprint density at radius 3 is 2.90 bits per heavy atom. The van der Waals surface area contributed by atoms with Gasteiger partial charge < -0.3 is 10.1 Å². The summed E-state index contributed by atoms with van der Waals surface area (Å²) in [5, 5.41) is 11.4. The third-order valence-electron chi connectivity index (χ3n) is 5.87. The average Bonchev–Trinajstić information content (AvgIpc) is 2.88. The first kappa shape index (κ1) is 13.4. The molecule has 0 saturated carbocycles. The quantitative estimate of drug-likeness (QED) is 0.888. The minimum Gasteiger partial charge on any atom is -0.396 e. The van der Waals surface area contributed by atoms with Gasteiger partial charge in [-0.15, -0.1) is 0 Å². The van der Waals surface area contributed by atoms with Gasteiger partial charge in [-0.2, -0.15) is 0 Å². The minimum absolute atomic E-state index is 0.261. The fourth-order valence-electron chi connectivity index (χ4n) is 4.96. The summed E-state index contributed by atoms with van der Waals surface area (Å²) in [6.45, 7) is 3.71. The molecule has 4 rings (SSSR count). The van der Waals surface area contributed by atoms with Gasteiger partial charge in [-0.05, 0) is 43.5 Å². The number of aliphatic hydroxyl groups is 1. The van der Waals surface area contributed by atoms with Crippen LogP contribution in [0.3, 0.4) is 0 Å². The Hall–Kier alpha value is -1.32. The van der Waals surface area contributed by atoms with Crippen molar-refractivity contribution < 1.29 is 5.11 Å². The van der Waals surface area contributed by atoms with Crippen LogP contribution in [0.25, 0.3) is 10.9 Å². The zero-order valence-electron chi connectivity index (χ0n) is 12.8. The molecule has 4 atom stereocenters. The molecule has 1 fully saturated rings. The van der Waals surface area contributed by atoms with E-state index in [1.807, 2.05) is 0 Å². The van der Waals surface area contributed by atoms with E-state index in [2.05, 4.69) is 48.1 Å². The molecule has 2 bridgehead atoms. The standard InChI is InChI=1S/C18H24N2O/c1-3-11-12-8-9-20(2)18(11)16-13-6-4-5-7-15(13)19-17(16)14(12)10-21/h4-7,11-12,14,18-19,21H,3,8-10H2,1-2H3/t11-,12?,14-,18?/m0/s1. The summed E-state index contributed by atoms with van der Waals surface area (Å²) in [6, 6.07) is 9.11. The molecule has 2 aliphatic rings. The van der Waals surface area contributed by atoms with E-state index in [0.717, 1.165) is 6.54 Å². The van der Waals surface area contributed by atoms with Gasteiger partial charge in [-0.1, -0.05) is 31.5 Å². The van der Waals surface area contributed by atoms with Gasteiger partial charge in [-0.3, -0.25) is 4.90 Å². The van der Waals surface area contributed by atoms with E-state index in [9.17, 15) is 5.11 Å². The van der Waals surface area contributed by atoms with Gasteiger partial charge in [0.05, 0.1) is 6.61 Å². The molecule has 0 amide bonds. The SMILES string of the molecule is CC[C@H]1C2CCN(C)C1c1c([nH]c3ccccc13)[C@H]2CO. The van der Waals surface area contributed by atoms with E-state index >= 15 is 0 Å². The molecule has 1 aromatic carbocycles. The number of likely N-dealkylation sites (tertiary alicyclic amines) is 1. The number of H-pyrrole nitrogens is 1. The number of hydrogen-bond donors (Lipinski definition) is 2. The Bertz CT molecular complexity index is 662. The van der Waals surface area contributed by atoms with Crippen LogP contribution in [0.5, 0.6) is 0 Å². The first-order valence-electron chi connectivity index (χ1n) is 8.17. The number of fused-ring (bicyclic) bond motifs is 6. The van der Waals surface area contributed by atoms with Crippen molar-refractivity contribution in [3.8, 4) is 0 Å². The summed E-state index contributed by atoms with van der Waals surface area (Å²) >= 11 is 0. The Labute approximate surface area is 126 Å². The van der Waals surface area contributed by atoms with Crippen LogP contribution in [0.15, 0.2) is 24.3 Å². The molecule has 112 valence electrons. The van der Waals surface area contributed by atoms with Crippen LogP contribution < -0.4 is 0 Å². The van der Waals surface area contributed by atoms with Crippen LogP contribution in [0, 0.1) is 11.8 Å². The fourth-order valence-corrected chi connectivity index (χ4v) is 4.96. The van der Waals surface area contributed by atoms with Crippen molar-refractivity contribution in [3.63, 3.8) is 0 Å². The van der Waals surface area contributed by atoms with Gasteiger partial charge in [-0.25, -0.2) is 0 Å². The maximum absolute atomic E-state index is 10.0. The van der Waals surface area contributed by atoms with E-state index in [1.54, 1.807) is 0 Å². The van der Waals surface area contributed by atoms with E-state index < -0.39 is 0 Å². The summed E-state index contributed by atoms with van der Waals surface area (Å²) in [4.78, 5) is 6.15. The fraction of sp³-hybridized carbons (Fsp3) is 0.556. The second-order valence-corrected chi connectivity index (χ2v) is 6.74. The topological polar surface area (TPSA) is 39.3 Å². The summed E-state index contributed by atoms with van der Waals surface area (Å²) in [5.41, 5.74) is 3.97. The number of piperidine rings is 1. The molecule has 1 saturated heterocycles. The molecular weight excluding hydrogens is 260 g/mol. The molecular formula is C18H24N2O. The van der Waals surface area contributed by atoms with Crippen molar-refractivity contribution in [1.29, 1.82) is 0 Å². The van der Waals surface area contributed by atoms with Gasteiger partial charge in [0, 0.05) is 28.6 Å². The highest BCUT2D eigenvalue weighted by Gasteiger charge is 2.47. The zero-order chi connectivity index (χ0) is 14.6. The number of aromatic amines is 1. The number of para-hydroxylation sites is 1. The molecule has 3 nitrogen and oxygen atoms in total. The van der Waals surface area contributed by atoms with Crippen molar-refractivity contribution in [2.45, 2.75) is 31.7 Å². The van der Waals surface area contributed by atoms with Gasteiger partial charge in [0.25, 0.3) is 0 Å². The lowest BCUT2D eigenvalue weighted by atomic mass is 9.64. The molecule has 2 heterocycles. The maximum atomic E-state index is 10.0. The molecule has 1 aliphatic carbocycles. The molecule has 21 heavy (non-hydrogen) atoms. The number of aliphatic hydroxyl groups excluding tert-OH is 1. The normalized spacial score (nSPS) is 32.3. The zero-order valence-corrected chi connectivity index (χ0v) is 12.8. The minimum atomic E-state index is 0.261. The molecule has 2 aromatic rings. The lowest BCUT2D eigenvalue weighted by Gasteiger charge is -2.50. The highest BCUT2D eigenvalue weighted by atomic mass is 16.3. The van der Waals surface area contributed by atoms with Crippen LogP contribution in [-0.2, 0) is 0 Å². The molecule has 3 heteroatoms. The van der Waals surface area contributed by atoms with Gasteiger partial charge in [0.2, 0.25) is 0 Å². The maximum Gasteiger partial charge on any atom is 0.0516 e. The van der Waals surface area contributed by atoms with Crippen LogP contribution >= 0.6 is 0 Å². The first-order valence-corrected chi connectivity index (χ1v) is 8.17. The average molecular weight is 284 g/mol. The molecule has 0 spiro atoms. The number of nitrogens with zero attached hydrogens (tertiary/aromatic N) is 1. The second-order valence-electron chi connectivity index (χ2n) is 6.74. The Morgan fingerprint density at radius 2 is 2.14 bits per heavy atom. The molecule has 0 radical (unpaired) electrons. The van der Waals surface area contributed by atoms with Crippen LogP contribution in [0.4, 0.5) is 0 Å². The Kier molecular flexibility index (Phi) is 3.09. The van der Waals surface area contributed by atoms with Gasteiger partial charge in [0.1, 0.15) is 0 Å². The van der Waals surface area contributed by atoms with Crippen molar-refractivity contribution >= 4 is 10.9 Å². The van der Waals surface area contributed by atoms with Crippen molar-refractivity contribution in [2.24, 2.45) is 11.8 Å². The third kappa shape index (κ3) is 1.74. The van der Waals surface area contributed by atoms with Gasteiger partial charge in [0.15, 0.2) is 0 Å². The lowest BCUT2D eigenvalue weighted by molar-refractivity contribution is 0.0235. The predicted octanol–water partition coefficient (Wildman–Crippen LogP) is 3.28. The summed E-state index contributed by atoms with van der Waals surface area (Å²) < 4.78 is 0. The summed E-state index contributed by atoms with van der Waals surface area (Å²) in [7, 11) is 2.26. The van der Waals surface area contributed by atoms with Crippen LogP contribution in [0.2, 0.25) is 0 Å². The number of benzene rings is 1. The number of rotatable bonds is 2. The summed E-state index contributed by atoms with van der Waals surface area (Å²) in [5.74, 6) is 1.55. The van der Waals surface area contributed by atoms with E-state index in [0.29, 0.717) is 17.9 Å². The molecule has 2 N–H and O–H groups in total.